The number of hydrogen-bond donors (Lipinski definition) is 2. The van der Waals surface area contributed by atoms with Gasteiger partial charge in [0.05, 0.1) is 17.2 Å². The highest BCUT2D eigenvalue weighted by atomic mass is 32.1. The fourth-order valence-corrected chi connectivity index (χ4v) is 5.12. The molecule has 2 aliphatic rings. The monoisotopic (exact) mass is 480 g/mol. The van der Waals surface area contributed by atoms with E-state index in [-0.39, 0.29) is 35.8 Å². The van der Waals surface area contributed by atoms with Gasteiger partial charge >= 0.3 is 0 Å². The Morgan fingerprint density at radius 1 is 1.21 bits per heavy atom. The van der Waals surface area contributed by atoms with Crippen LogP contribution in [0.4, 0.5) is 10.1 Å². The topological polar surface area (TPSA) is 91.4 Å². The van der Waals surface area contributed by atoms with Crippen LogP contribution in [0.5, 0.6) is 0 Å². The molecule has 9 heteroatoms. The van der Waals surface area contributed by atoms with E-state index in [1.165, 1.54) is 17.4 Å². The number of benzene rings is 2. The maximum absolute atomic E-state index is 14.9. The van der Waals surface area contributed by atoms with Gasteiger partial charge in [-0.15, -0.1) is 11.3 Å². The second kappa shape index (κ2) is 9.13. The fourth-order valence-electron chi connectivity index (χ4n) is 4.05. The molecule has 34 heavy (non-hydrogen) atoms. The molecular formula is C25H25FN4O3S. The van der Waals surface area contributed by atoms with E-state index in [1.807, 2.05) is 30.3 Å². The first kappa shape index (κ1) is 22.5. The third-order valence-electron chi connectivity index (χ3n) is 6.18. The third kappa shape index (κ3) is 4.65. The van der Waals surface area contributed by atoms with Gasteiger partial charge in [-0.05, 0) is 61.6 Å². The highest BCUT2D eigenvalue weighted by Gasteiger charge is 2.25. The lowest BCUT2D eigenvalue weighted by atomic mass is 10.0. The van der Waals surface area contributed by atoms with Gasteiger partial charge in [0.25, 0.3) is 0 Å². The Bertz CT molecular complexity index is 1270. The predicted octanol–water partition coefficient (Wildman–Crippen LogP) is 3.73. The summed E-state index contributed by atoms with van der Waals surface area (Å²) in [7, 11) is 0. The van der Waals surface area contributed by atoms with Crippen molar-refractivity contribution in [3.63, 3.8) is 0 Å². The Kier molecular flexibility index (Phi) is 6.03. The molecule has 0 radical (unpaired) electrons. The third-order valence-corrected chi connectivity index (χ3v) is 7.37. The number of hydrogen-bond acceptors (Lipinski definition) is 5. The highest BCUT2D eigenvalue weighted by Crippen LogP contribution is 2.34. The minimum absolute atomic E-state index is 0.0813. The quantitative estimate of drug-likeness (QED) is 0.539. The minimum atomic E-state index is -0.605. The van der Waals surface area contributed by atoms with E-state index in [0.29, 0.717) is 21.7 Å². The molecule has 176 valence electrons. The first-order chi connectivity index (χ1) is 16.4. The van der Waals surface area contributed by atoms with Gasteiger partial charge in [0.15, 0.2) is 5.82 Å². The van der Waals surface area contributed by atoms with Gasteiger partial charge < -0.3 is 15.5 Å². The zero-order valence-corrected chi connectivity index (χ0v) is 19.6. The van der Waals surface area contributed by atoms with E-state index in [2.05, 4.69) is 15.6 Å². The molecule has 1 aliphatic heterocycles. The van der Waals surface area contributed by atoms with Crippen LogP contribution < -0.4 is 15.5 Å². The molecule has 1 saturated heterocycles. The smallest absolute Gasteiger partial charge is 0.239 e. The van der Waals surface area contributed by atoms with E-state index in [9.17, 15) is 18.8 Å². The Labute approximate surface area is 200 Å². The molecule has 1 saturated carbocycles. The number of halogens is 1. The van der Waals surface area contributed by atoms with Crippen LogP contribution in [0.15, 0.2) is 36.4 Å². The van der Waals surface area contributed by atoms with Crippen molar-refractivity contribution in [1.29, 1.82) is 0 Å². The number of rotatable bonds is 7. The number of aromatic nitrogens is 1. The molecule has 3 amide bonds. The van der Waals surface area contributed by atoms with Gasteiger partial charge in [-0.1, -0.05) is 12.1 Å². The first-order valence-electron chi connectivity index (χ1n) is 11.5. The summed E-state index contributed by atoms with van der Waals surface area (Å²) in [6.45, 7) is 2.34. The molecular weight excluding hydrogens is 455 g/mol. The maximum Gasteiger partial charge on any atom is 0.239 e. The summed E-state index contributed by atoms with van der Waals surface area (Å²) < 4.78 is 15.6. The number of carbonyl (C=O) groups excluding carboxylic acids is 3. The maximum atomic E-state index is 14.9. The number of carbonyl (C=O) groups is 3. The molecule has 5 rings (SSSR count). The molecule has 3 aromatic rings. The van der Waals surface area contributed by atoms with E-state index >= 15 is 0 Å². The molecule has 0 bridgehead atoms. The Morgan fingerprint density at radius 3 is 2.65 bits per heavy atom. The van der Waals surface area contributed by atoms with Crippen LogP contribution in [0.25, 0.3) is 21.3 Å². The second-order valence-electron chi connectivity index (χ2n) is 8.83. The fraction of sp³-hybridized carbons (Fsp3) is 0.360. The summed E-state index contributed by atoms with van der Waals surface area (Å²) in [6.07, 6.45) is 3.40. The lowest BCUT2D eigenvalue weighted by Gasteiger charge is -2.16. The molecule has 7 nitrogen and oxygen atoms in total. The van der Waals surface area contributed by atoms with Crippen molar-refractivity contribution in [2.45, 2.75) is 44.6 Å². The number of fused-ring (bicyclic) bond motifs is 1. The average molecular weight is 481 g/mol. The van der Waals surface area contributed by atoms with Crippen molar-refractivity contribution in [2.75, 3.05) is 18.0 Å². The van der Waals surface area contributed by atoms with Crippen LogP contribution in [0.2, 0.25) is 0 Å². The van der Waals surface area contributed by atoms with Gasteiger partial charge in [0.1, 0.15) is 10.5 Å². The van der Waals surface area contributed by atoms with E-state index in [0.717, 1.165) is 37.1 Å². The van der Waals surface area contributed by atoms with Crippen LogP contribution in [-0.4, -0.2) is 41.8 Å². The van der Waals surface area contributed by atoms with Gasteiger partial charge in [0.2, 0.25) is 17.7 Å². The zero-order valence-electron chi connectivity index (χ0n) is 18.8. The number of nitrogens with zero attached hydrogens (tertiary/aromatic N) is 2. The highest BCUT2D eigenvalue weighted by molar-refractivity contribution is 7.18. The number of nitrogens with one attached hydrogen (secondary N) is 2. The summed E-state index contributed by atoms with van der Waals surface area (Å²) in [5.41, 5.74) is 2.61. The van der Waals surface area contributed by atoms with Gasteiger partial charge in [-0.25, -0.2) is 9.37 Å². The summed E-state index contributed by atoms with van der Waals surface area (Å²) in [5.74, 6) is -1.46. The van der Waals surface area contributed by atoms with Crippen molar-refractivity contribution >= 4 is 45.0 Å². The summed E-state index contributed by atoms with van der Waals surface area (Å²) >= 11 is 1.27. The van der Waals surface area contributed by atoms with Crippen LogP contribution in [0, 0.1) is 5.82 Å². The molecule has 1 unspecified atom stereocenters. The van der Waals surface area contributed by atoms with Crippen molar-refractivity contribution in [3.05, 3.63) is 47.2 Å². The Morgan fingerprint density at radius 2 is 1.97 bits per heavy atom. The van der Waals surface area contributed by atoms with Gasteiger partial charge in [-0.2, -0.15) is 0 Å². The number of thiazole rings is 1. The normalized spacial score (nSPS) is 16.6. The lowest BCUT2D eigenvalue weighted by molar-refractivity contribution is -0.126. The summed E-state index contributed by atoms with van der Waals surface area (Å²) in [6, 6.07) is 11.1. The molecule has 1 aromatic heterocycles. The zero-order chi connectivity index (χ0) is 23.8. The molecule has 2 N–H and O–H groups in total. The van der Waals surface area contributed by atoms with Gasteiger partial charge in [-0.3, -0.25) is 14.4 Å². The first-order valence-corrected chi connectivity index (χ1v) is 12.3. The second-order valence-corrected chi connectivity index (χ2v) is 9.90. The van der Waals surface area contributed by atoms with Crippen molar-refractivity contribution in [2.24, 2.45) is 0 Å². The van der Waals surface area contributed by atoms with Crippen LogP contribution >= 0.6 is 11.3 Å². The molecule has 2 heterocycles. The Balaban J connectivity index is 1.31. The molecule has 1 atom stereocenters. The van der Waals surface area contributed by atoms with E-state index in [4.69, 9.17) is 0 Å². The van der Waals surface area contributed by atoms with Crippen molar-refractivity contribution in [1.82, 2.24) is 15.6 Å². The van der Waals surface area contributed by atoms with Crippen LogP contribution in [-0.2, 0) is 14.4 Å². The van der Waals surface area contributed by atoms with E-state index in [1.54, 1.807) is 11.8 Å². The average Bonchev–Trinajstić information content (AvgIpc) is 3.36. The molecule has 2 aromatic carbocycles. The van der Waals surface area contributed by atoms with Crippen LogP contribution in [0.3, 0.4) is 0 Å². The summed E-state index contributed by atoms with van der Waals surface area (Å²) in [5, 5.41) is 5.95. The number of amides is 3. The van der Waals surface area contributed by atoms with E-state index < -0.39 is 11.7 Å². The van der Waals surface area contributed by atoms with Crippen molar-refractivity contribution < 1.29 is 18.8 Å². The standard InChI is InChI=1S/C25H25FN4O3S/c1-14(24(33)27-13-21(31)28-17-6-7-17)25-29-23-19(26)11-16(12-20(23)34-25)15-4-8-18(9-5-15)30-10-2-3-22(30)32/h4-5,8-9,11-12,14,17H,2-3,6-7,10,13H2,1H3,(H,27,33)(H,28,31). The SMILES string of the molecule is CC(C(=O)NCC(=O)NC1CC1)c1nc2c(F)cc(-c3ccc(N4CCCC4=O)cc3)cc2s1. The number of anilines is 1. The predicted molar refractivity (Wildman–Crippen MR) is 129 cm³/mol. The minimum Gasteiger partial charge on any atom is -0.352 e. The van der Waals surface area contributed by atoms with Gasteiger partial charge in [0, 0.05) is 24.7 Å². The van der Waals surface area contributed by atoms with Crippen LogP contribution in [0.1, 0.15) is 43.5 Å². The summed E-state index contributed by atoms with van der Waals surface area (Å²) in [4.78, 5) is 42.4. The largest absolute Gasteiger partial charge is 0.352 e. The molecule has 0 spiro atoms. The lowest BCUT2D eigenvalue weighted by Crippen LogP contribution is -2.39. The molecule has 1 aliphatic carbocycles. The molecule has 2 fully saturated rings. The van der Waals surface area contributed by atoms with Crippen molar-refractivity contribution in [3.8, 4) is 11.1 Å². The Hall–Kier alpha value is -3.33.